The second-order valence-electron chi connectivity index (χ2n) is 4.38. The summed E-state index contributed by atoms with van der Waals surface area (Å²) >= 11 is 0. The third-order valence-corrected chi connectivity index (χ3v) is 3.45. The van der Waals surface area contributed by atoms with Crippen LogP contribution in [0, 0.1) is 17.8 Å². The van der Waals surface area contributed by atoms with Crippen LogP contribution in [-0.4, -0.2) is 6.98 Å². The van der Waals surface area contributed by atoms with Crippen LogP contribution in [0.5, 0.6) is 0 Å². The van der Waals surface area contributed by atoms with Crippen LogP contribution in [0.15, 0.2) is 0 Å². The molecule has 0 heterocycles. The monoisotopic (exact) mass is 216 g/mol. The van der Waals surface area contributed by atoms with Crippen molar-refractivity contribution in [2.24, 2.45) is 17.8 Å². The summed E-state index contributed by atoms with van der Waals surface area (Å²) in [5.74, 6) is 1.04. The minimum atomic E-state index is -4.53. The molecule has 5 heteroatoms. The van der Waals surface area contributed by atoms with Gasteiger partial charge in [0.2, 0.25) is 0 Å². The van der Waals surface area contributed by atoms with E-state index in [4.69, 9.17) is 0 Å². The second kappa shape index (κ2) is 4.56. The van der Waals surface area contributed by atoms with Crippen LogP contribution in [0.4, 0.5) is 12.9 Å². The quantitative estimate of drug-likeness (QED) is 0.581. The van der Waals surface area contributed by atoms with E-state index in [1.807, 2.05) is 0 Å². The van der Waals surface area contributed by atoms with E-state index in [1.165, 1.54) is 6.42 Å². The summed E-state index contributed by atoms with van der Waals surface area (Å²) in [6, 6.07) is 0. The molecule has 2 rings (SSSR count). The van der Waals surface area contributed by atoms with Gasteiger partial charge in [-0.25, -0.2) is 0 Å². The van der Waals surface area contributed by atoms with Crippen LogP contribution in [0.2, 0.25) is 6.32 Å². The van der Waals surface area contributed by atoms with Crippen LogP contribution in [0.3, 0.4) is 0 Å². The molecule has 0 aromatic rings. The van der Waals surface area contributed by atoms with Crippen molar-refractivity contribution in [1.82, 2.24) is 0 Å². The Balaban J connectivity index is 0.000000845. The molecule has 0 spiro atoms. The Morgan fingerprint density at radius 1 is 1.08 bits per heavy atom. The first-order valence-corrected chi connectivity index (χ1v) is 4.75. The van der Waals surface area contributed by atoms with E-state index in [0.29, 0.717) is 11.8 Å². The summed E-state index contributed by atoms with van der Waals surface area (Å²) in [6.45, 7) is -4.53. The standard InChI is InChI=1S/C8H13BF3.K/c10-9(11,12)5-8-4-6-1-2-7(8)3-6;/h6-8H,1-5H2;/q-1;+1. The molecule has 3 unspecified atom stereocenters. The van der Waals surface area contributed by atoms with Crippen molar-refractivity contribution in [3.05, 3.63) is 0 Å². The first-order chi connectivity index (χ1) is 5.54. The maximum Gasteiger partial charge on any atom is 1.00 e. The van der Waals surface area contributed by atoms with Crippen molar-refractivity contribution >= 4 is 6.98 Å². The summed E-state index contributed by atoms with van der Waals surface area (Å²) in [5, 5.41) is 0. The van der Waals surface area contributed by atoms with Crippen molar-refractivity contribution in [3.8, 4) is 0 Å². The van der Waals surface area contributed by atoms with E-state index in [-0.39, 0.29) is 57.3 Å². The van der Waals surface area contributed by atoms with Gasteiger partial charge in [0.15, 0.2) is 0 Å². The summed E-state index contributed by atoms with van der Waals surface area (Å²) in [5.41, 5.74) is 0. The van der Waals surface area contributed by atoms with Gasteiger partial charge in [-0.05, 0) is 18.3 Å². The first-order valence-electron chi connectivity index (χ1n) is 4.75. The summed E-state index contributed by atoms with van der Waals surface area (Å²) in [6.07, 6.45) is 3.71. The van der Waals surface area contributed by atoms with Crippen LogP contribution in [0.25, 0.3) is 0 Å². The molecule has 2 saturated carbocycles. The van der Waals surface area contributed by atoms with E-state index in [0.717, 1.165) is 19.3 Å². The fourth-order valence-corrected chi connectivity index (χ4v) is 3.01. The maximum absolute atomic E-state index is 12.1. The normalized spacial score (nSPS) is 37.6. The molecule has 0 radical (unpaired) electrons. The Morgan fingerprint density at radius 2 is 1.77 bits per heavy atom. The Kier molecular flexibility index (Phi) is 4.40. The average molecular weight is 216 g/mol. The van der Waals surface area contributed by atoms with Gasteiger partial charge in [0.05, 0.1) is 0 Å². The topological polar surface area (TPSA) is 0 Å². The zero-order chi connectivity index (χ0) is 8.77. The predicted molar refractivity (Wildman–Crippen MR) is 42.8 cm³/mol. The molecule has 2 aliphatic rings. The molecule has 13 heavy (non-hydrogen) atoms. The van der Waals surface area contributed by atoms with Gasteiger partial charge in [-0.1, -0.05) is 31.5 Å². The zero-order valence-electron chi connectivity index (χ0n) is 7.98. The van der Waals surface area contributed by atoms with Crippen molar-refractivity contribution in [2.45, 2.75) is 32.0 Å². The third-order valence-electron chi connectivity index (χ3n) is 3.45. The fraction of sp³-hybridized carbons (Fsp3) is 1.00. The van der Waals surface area contributed by atoms with Crippen molar-refractivity contribution in [2.75, 3.05) is 0 Å². The molecule has 0 N–H and O–H groups in total. The fourth-order valence-electron chi connectivity index (χ4n) is 3.01. The van der Waals surface area contributed by atoms with Gasteiger partial charge in [0.25, 0.3) is 0 Å². The van der Waals surface area contributed by atoms with Gasteiger partial charge in [-0.2, -0.15) is 0 Å². The number of hydrogen-bond donors (Lipinski definition) is 0. The molecular formula is C8H13BF3K. The van der Waals surface area contributed by atoms with Gasteiger partial charge in [-0.15, -0.1) is 0 Å². The van der Waals surface area contributed by atoms with Crippen LogP contribution >= 0.6 is 0 Å². The van der Waals surface area contributed by atoms with Crippen molar-refractivity contribution in [1.29, 1.82) is 0 Å². The van der Waals surface area contributed by atoms with E-state index < -0.39 is 13.3 Å². The van der Waals surface area contributed by atoms with Crippen molar-refractivity contribution in [3.63, 3.8) is 0 Å². The Morgan fingerprint density at radius 3 is 2.15 bits per heavy atom. The molecule has 2 aliphatic carbocycles. The SMILES string of the molecule is F[B-](F)(F)CC1CC2CCC1C2.[K+]. The summed E-state index contributed by atoms with van der Waals surface area (Å²) in [7, 11) is 0. The molecule has 0 amide bonds. The molecule has 0 aromatic heterocycles. The van der Waals surface area contributed by atoms with Gasteiger partial charge in [-0.3, -0.25) is 0 Å². The van der Waals surface area contributed by atoms with Crippen LogP contribution < -0.4 is 51.4 Å². The zero-order valence-corrected chi connectivity index (χ0v) is 11.1. The minimum absolute atomic E-state index is 0. The molecule has 2 fully saturated rings. The van der Waals surface area contributed by atoms with Gasteiger partial charge < -0.3 is 12.9 Å². The average Bonchev–Trinajstić information content (AvgIpc) is 2.42. The van der Waals surface area contributed by atoms with E-state index in [1.54, 1.807) is 0 Å². The molecule has 2 bridgehead atoms. The maximum atomic E-state index is 12.1. The molecule has 0 aliphatic heterocycles. The number of halogens is 3. The summed E-state index contributed by atoms with van der Waals surface area (Å²) in [4.78, 5) is 0. The molecule has 0 aromatic carbocycles. The molecule has 0 saturated heterocycles. The molecular weight excluding hydrogens is 203 g/mol. The number of hydrogen-bond acceptors (Lipinski definition) is 0. The first kappa shape index (κ1) is 12.6. The van der Waals surface area contributed by atoms with Gasteiger partial charge in [0, 0.05) is 0 Å². The molecule has 70 valence electrons. The molecule has 0 nitrogen and oxygen atoms in total. The Labute approximate surface area is 120 Å². The molecule has 3 atom stereocenters. The Bertz CT molecular complexity index is 183. The van der Waals surface area contributed by atoms with Crippen molar-refractivity contribution < 1.29 is 64.3 Å². The Hall–Kier alpha value is 1.49. The predicted octanol–water partition coefficient (Wildman–Crippen LogP) is 0.274. The second-order valence-corrected chi connectivity index (χ2v) is 4.38. The number of rotatable bonds is 2. The van der Waals surface area contributed by atoms with E-state index in [2.05, 4.69) is 0 Å². The smallest absolute Gasteiger partial charge is 0.449 e. The van der Waals surface area contributed by atoms with E-state index >= 15 is 0 Å². The minimum Gasteiger partial charge on any atom is -0.449 e. The number of fused-ring (bicyclic) bond motifs is 2. The van der Waals surface area contributed by atoms with Crippen LogP contribution in [-0.2, 0) is 0 Å². The summed E-state index contributed by atoms with van der Waals surface area (Å²) < 4.78 is 36.3. The van der Waals surface area contributed by atoms with Gasteiger partial charge >= 0.3 is 58.4 Å². The van der Waals surface area contributed by atoms with Crippen LogP contribution in [0.1, 0.15) is 25.7 Å². The van der Waals surface area contributed by atoms with Gasteiger partial charge in [0.1, 0.15) is 0 Å². The largest absolute Gasteiger partial charge is 1.00 e. The third kappa shape index (κ3) is 3.23. The van der Waals surface area contributed by atoms with E-state index in [9.17, 15) is 12.9 Å².